The highest BCUT2D eigenvalue weighted by Crippen LogP contribution is 2.27. The number of benzene rings is 1. The highest BCUT2D eigenvalue weighted by molar-refractivity contribution is 7.13. The number of hydrogen-bond donors (Lipinski definition) is 1. The molecule has 2 aromatic rings. The fraction of sp³-hybridized carbons (Fsp3) is 0. The van der Waals surface area contributed by atoms with Crippen LogP contribution in [-0.2, 0) is 0 Å². The molecule has 2 nitrogen and oxygen atoms in total. The molecule has 2 rings (SSSR count). The fourth-order valence-electron chi connectivity index (χ4n) is 1.26. The Kier molecular flexibility index (Phi) is 3.19. The van der Waals surface area contributed by atoms with Gasteiger partial charge in [0, 0.05) is 5.56 Å². The monoisotopic (exact) mass is 271 g/mol. The number of carbonyl (C=O) groups excluding carboxylic acids is 1. The molecule has 0 fully saturated rings. The second-order valence-corrected chi connectivity index (χ2v) is 4.89. The van der Waals surface area contributed by atoms with E-state index in [1.807, 2.05) is 0 Å². The smallest absolute Gasteiger partial charge is 0.204 e. The minimum atomic E-state index is -0.137. The molecule has 0 saturated carbocycles. The lowest BCUT2D eigenvalue weighted by Gasteiger charge is -2.02. The number of ketones is 1. The predicted molar refractivity (Wildman–Crippen MR) is 68.6 cm³/mol. The lowest BCUT2D eigenvalue weighted by Crippen LogP contribution is -2.00. The zero-order valence-electron chi connectivity index (χ0n) is 8.04. The lowest BCUT2D eigenvalue weighted by molar-refractivity contribution is 0.104. The summed E-state index contributed by atoms with van der Waals surface area (Å²) in [5.41, 5.74) is 6.51. The number of nitrogen functional groups attached to an aromatic ring is 1. The Bertz CT molecular complexity index is 551. The quantitative estimate of drug-likeness (QED) is 0.666. The Morgan fingerprint density at radius 2 is 1.94 bits per heavy atom. The van der Waals surface area contributed by atoms with Gasteiger partial charge in [-0.05, 0) is 29.6 Å². The third-order valence-electron chi connectivity index (χ3n) is 2.09. The summed E-state index contributed by atoms with van der Waals surface area (Å²) in [4.78, 5) is 12.5. The average Bonchev–Trinajstić information content (AvgIpc) is 2.67. The summed E-state index contributed by atoms with van der Waals surface area (Å²) in [6, 6.07) is 6.49. The molecular formula is C11H7Cl2NOS. The number of nitrogens with two attached hydrogens (primary N) is 1. The van der Waals surface area contributed by atoms with Crippen molar-refractivity contribution < 1.29 is 4.79 Å². The Hall–Kier alpha value is -1.03. The summed E-state index contributed by atoms with van der Waals surface area (Å²) in [6.45, 7) is 0. The summed E-state index contributed by atoms with van der Waals surface area (Å²) in [6.07, 6.45) is 0. The fourth-order valence-corrected chi connectivity index (χ4v) is 2.54. The molecule has 0 bridgehead atoms. The molecule has 0 aliphatic rings. The van der Waals surface area contributed by atoms with Crippen molar-refractivity contribution >= 4 is 46.0 Å². The Labute approximate surface area is 107 Å². The van der Waals surface area contributed by atoms with Crippen molar-refractivity contribution in [3.05, 3.63) is 50.1 Å². The van der Waals surface area contributed by atoms with Crippen LogP contribution < -0.4 is 5.73 Å². The molecule has 16 heavy (non-hydrogen) atoms. The van der Waals surface area contributed by atoms with E-state index in [2.05, 4.69) is 0 Å². The summed E-state index contributed by atoms with van der Waals surface area (Å²) >= 11 is 13.0. The van der Waals surface area contributed by atoms with Crippen molar-refractivity contribution in [3.8, 4) is 0 Å². The van der Waals surface area contributed by atoms with E-state index in [4.69, 9.17) is 28.9 Å². The molecule has 0 unspecified atom stereocenters. The predicted octanol–water partition coefficient (Wildman–Crippen LogP) is 3.87. The van der Waals surface area contributed by atoms with Crippen LogP contribution in [0.3, 0.4) is 0 Å². The van der Waals surface area contributed by atoms with Gasteiger partial charge in [0.1, 0.15) is 0 Å². The van der Waals surface area contributed by atoms with Crippen molar-refractivity contribution in [1.82, 2.24) is 0 Å². The van der Waals surface area contributed by atoms with E-state index in [0.717, 1.165) is 0 Å². The van der Waals surface area contributed by atoms with E-state index in [-0.39, 0.29) is 5.78 Å². The standard InChI is InChI=1S/C11H7Cl2NOS/c12-7-3-4-16-11(7)10(15)6-1-2-9(14)8(13)5-6/h1-5H,14H2. The molecule has 2 N–H and O–H groups in total. The minimum Gasteiger partial charge on any atom is -0.398 e. The van der Waals surface area contributed by atoms with Crippen LogP contribution in [0.25, 0.3) is 0 Å². The summed E-state index contributed by atoms with van der Waals surface area (Å²) < 4.78 is 0. The molecule has 0 spiro atoms. The maximum absolute atomic E-state index is 12.0. The summed E-state index contributed by atoms with van der Waals surface area (Å²) in [7, 11) is 0. The van der Waals surface area contributed by atoms with Crippen molar-refractivity contribution in [2.75, 3.05) is 5.73 Å². The first-order chi connectivity index (χ1) is 7.59. The molecule has 5 heteroatoms. The van der Waals surface area contributed by atoms with Gasteiger partial charge in [-0.2, -0.15) is 0 Å². The highest BCUT2D eigenvalue weighted by Gasteiger charge is 2.14. The van der Waals surface area contributed by atoms with Crippen LogP contribution in [0.15, 0.2) is 29.6 Å². The van der Waals surface area contributed by atoms with E-state index in [1.165, 1.54) is 11.3 Å². The zero-order chi connectivity index (χ0) is 11.7. The third-order valence-corrected chi connectivity index (χ3v) is 3.75. The normalized spacial score (nSPS) is 10.4. The highest BCUT2D eigenvalue weighted by atomic mass is 35.5. The van der Waals surface area contributed by atoms with Gasteiger partial charge >= 0.3 is 0 Å². The van der Waals surface area contributed by atoms with E-state index in [0.29, 0.717) is 26.2 Å². The first kappa shape index (κ1) is 11.5. The molecule has 1 heterocycles. The van der Waals surface area contributed by atoms with Crippen LogP contribution in [0.5, 0.6) is 0 Å². The van der Waals surface area contributed by atoms with Gasteiger partial charge < -0.3 is 5.73 Å². The van der Waals surface area contributed by atoms with E-state index >= 15 is 0 Å². The molecule has 0 aliphatic heterocycles. The topological polar surface area (TPSA) is 43.1 Å². The molecule has 0 aliphatic carbocycles. The maximum atomic E-state index is 12.0. The van der Waals surface area contributed by atoms with Crippen molar-refractivity contribution in [2.45, 2.75) is 0 Å². The average molecular weight is 272 g/mol. The summed E-state index contributed by atoms with van der Waals surface area (Å²) in [5.74, 6) is -0.137. The molecule has 1 aromatic heterocycles. The molecular weight excluding hydrogens is 265 g/mol. The van der Waals surface area contributed by atoms with Gasteiger partial charge in [-0.15, -0.1) is 11.3 Å². The van der Waals surface area contributed by atoms with Gasteiger partial charge in [0.15, 0.2) is 0 Å². The zero-order valence-corrected chi connectivity index (χ0v) is 10.4. The number of hydrogen-bond acceptors (Lipinski definition) is 3. The first-order valence-corrected chi connectivity index (χ1v) is 6.06. The molecule has 0 radical (unpaired) electrons. The van der Waals surface area contributed by atoms with Crippen molar-refractivity contribution in [2.24, 2.45) is 0 Å². The molecule has 1 aromatic carbocycles. The van der Waals surface area contributed by atoms with Crippen LogP contribution in [0.1, 0.15) is 15.2 Å². The number of halogens is 2. The number of thiophene rings is 1. The Morgan fingerprint density at radius 1 is 1.19 bits per heavy atom. The van der Waals surface area contributed by atoms with Crippen LogP contribution in [0.2, 0.25) is 10.0 Å². The van der Waals surface area contributed by atoms with Crippen LogP contribution in [0, 0.1) is 0 Å². The van der Waals surface area contributed by atoms with Crippen molar-refractivity contribution in [1.29, 1.82) is 0 Å². The van der Waals surface area contributed by atoms with Gasteiger partial charge in [0.2, 0.25) is 5.78 Å². The number of anilines is 1. The van der Waals surface area contributed by atoms with Gasteiger partial charge in [0.05, 0.1) is 20.6 Å². The largest absolute Gasteiger partial charge is 0.398 e. The van der Waals surface area contributed by atoms with Gasteiger partial charge in [0.25, 0.3) is 0 Å². The molecule has 82 valence electrons. The van der Waals surface area contributed by atoms with E-state index in [1.54, 1.807) is 29.6 Å². The van der Waals surface area contributed by atoms with Gasteiger partial charge in [-0.1, -0.05) is 23.2 Å². The summed E-state index contributed by atoms with van der Waals surface area (Å²) in [5, 5.41) is 2.61. The third kappa shape index (κ3) is 2.07. The molecule has 0 saturated heterocycles. The molecule has 0 atom stereocenters. The van der Waals surface area contributed by atoms with Crippen LogP contribution in [0.4, 0.5) is 5.69 Å². The van der Waals surface area contributed by atoms with E-state index in [9.17, 15) is 4.79 Å². The Morgan fingerprint density at radius 3 is 2.50 bits per heavy atom. The van der Waals surface area contributed by atoms with E-state index < -0.39 is 0 Å². The van der Waals surface area contributed by atoms with Crippen LogP contribution in [-0.4, -0.2) is 5.78 Å². The van der Waals surface area contributed by atoms with Crippen molar-refractivity contribution in [3.63, 3.8) is 0 Å². The second kappa shape index (κ2) is 4.45. The second-order valence-electron chi connectivity index (χ2n) is 3.16. The molecule has 0 amide bonds. The van der Waals surface area contributed by atoms with Gasteiger partial charge in [-0.3, -0.25) is 4.79 Å². The minimum absolute atomic E-state index is 0.137. The lowest BCUT2D eigenvalue weighted by atomic mass is 10.1. The number of rotatable bonds is 2. The first-order valence-electron chi connectivity index (χ1n) is 4.42. The van der Waals surface area contributed by atoms with Crippen LogP contribution >= 0.6 is 34.5 Å². The number of carbonyl (C=O) groups is 1. The Balaban J connectivity index is 2.42. The SMILES string of the molecule is Nc1ccc(C(=O)c2sccc2Cl)cc1Cl. The maximum Gasteiger partial charge on any atom is 0.204 e. The van der Waals surface area contributed by atoms with Gasteiger partial charge in [-0.25, -0.2) is 0 Å².